The molecule has 1 N–H and O–H groups in total. The highest BCUT2D eigenvalue weighted by molar-refractivity contribution is 5.98. The first-order chi connectivity index (χ1) is 13.3. The molecule has 0 atom stereocenters. The van der Waals surface area contributed by atoms with Crippen LogP contribution in [0.2, 0.25) is 0 Å². The fourth-order valence-electron chi connectivity index (χ4n) is 2.90. The van der Waals surface area contributed by atoms with Gasteiger partial charge in [-0.1, -0.05) is 26.8 Å². The van der Waals surface area contributed by atoms with Gasteiger partial charge in [0.1, 0.15) is 0 Å². The molecule has 2 aromatic rings. The predicted octanol–water partition coefficient (Wildman–Crippen LogP) is 2.86. The Labute approximate surface area is 164 Å². The van der Waals surface area contributed by atoms with Crippen molar-refractivity contribution in [2.75, 3.05) is 31.5 Å². The van der Waals surface area contributed by atoms with Gasteiger partial charge in [0.25, 0.3) is 11.8 Å². The van der Waals surface area contributed by atoms with Crippen LogP contribution in [-0.2, 0) is 4.79 Å². The van der Waals surface area contributed by atoms with Crippen LogP contribution in [0.4, 0.5) is 5.69 Å². The monoisotopic (exact) mass is 383 g/mol. The van der Waals surface area contributed by atoms with Crippen molar-refractivity contribution in [2.45, 2.75) is 20.8 Å². The van der Waals surface area contributed by atoms with Crippen molar-refractivity contribution in [1.29, 1.82) is 0 Å². The summed E-state index contributed by atoms with van der Waals surface area (Å²) in [7, 11) is 0. The molecule has 148 valence electrons. The average Bonchev–Trinajstić information content (AvgIpc) is 3.21. The highest BCUT2D eigenvalue weighted by atomic mass is 16.3. The predicted molar refractivity (Wildman–Crippen MR) is 105 cm³/mol. The molecule has 0 unspecified atom stereocenters. The van der Waals surface area contributed by atoms with Crippen LogP contribution in [0.1, 0.15) is 41.7 Å². The van der Waals surface area contributed by atoms with Crippen molar-refractivity contribution in [3.63, 3.8) is 0 Å². The number of amides is 3. The molecule has 7 nitrogen and oxygen atoms in total. The van der Waals surface area contributed by atoms with E-state index in [0.29, 0.717) is 43.2 Å². The van der Waals surface area contributed by atoms with Crippen LogP contribution in [0.3, 0.4) is 0 Å². The number of furan rings is 1. The molecule has 3 amide bonds. The lowest BCUT2D eigenvalue weighted by Crippen LogP contribution is -2.50. The average molecular weight is 383 g/mol. The van der Waals surface area contributed by atoms with Crippen LogP contribution in [0.25, 0.3) is 0 Å². The van der Waals surface area contributed by atoms with Crippen LogP contribution >= 0.6 is 0 Å². The van der Waals surface area contributed by atoms with E-state index in [1.165, 1.54) is 6.26 Å². The van der Waals surface area contributed by atoms with Crippen molar-refractivity contribution < 1.29 is 18.8 Å². The summed E-state index contributed by atoms with van der Waals surface area (Å²) in [6, 6.07) is 10.3. The number of carbonyl (C=O) groups excluding carboxylic acids is 3. The Morgan fingerprint density at radius 2 is 1.57 bits per heavy atom. The van der Waals surface area contributed by atoms with Crippen LogP contribution in [0.15, 0.2) is 47.1 Å². The molecule has 1 saturated heterocycles. The molecule has 28 heavy (non-hydrogen) atoms. The Morgan fingerprint density at radius 1 is 0.929 bits per heavy atom. The van der Waals surface area contributed by atoms with Gasteiger partial charge in [0.05, 0.1) is 6.26 Å². The van der Waals surface area contributed by atoms with E-state index in [0.717, 1.165) is 0 Å². The molecule has 3 rings (SSSR count). The number of nitrogens with zero attached hydrogens (tertiary/aromatic N) is 2. The fourth-order valence-corrected chi connectivity index (χ4v) is 2.90. The summed E-state index contributed by atoms with van der Waals surface area (Å²) < 4.78 is 5.15. The number of anilines is 1. The van der Waals surface area contributed by atoms with Gasteiger partial charge in [0.15, 0.2) is 5.76 Å². The molecule has 7 heteroatoms. The zero-order chi connectivity index (χ0) is 20.3. The van der Waals surface area contributed by atoms with Crippen molar-refractivity contribution in [2.24, 2.45) is 5.41 Å². The second kappa shape index (κ2) is 7.88. The summed E-state index contributed by atoms with van der Waals surface area (Å²) in [5.74, 6) is -0.0786. The highest BCUT2D eigenvalue weighted by Crippen LogP contribution is 2.19. The highest BCUT2D eigenvalue weighted by Gasteiger charge is 2.27. The Morgan fingerprint density at radius 3 is 2.14 bits per heavy atom. The normalized spacial score (nSPS) is 14.7. The van der Waals surface area contributed by atoms with Crippen LogP contribution in [0, 0.1) is 5.41 Å². The lowest BCUT2D eigenvalue weighted by molar-refractivity contribution is -0.123. The van der Waals surface area contributed by atoms with Crippen molar-refractivity contribution in [3.05, 3.63) is 54.0 Å². The van der Waals surface area contributed by atoms with E-state index in [-0.39, 0.29) is 17.7 Å². The first kappa shape index (κ1) is 19.7. The first-order valence-corrected chi connectivity index (χ1v) is 9.29. The SMILES string of the molecule is CC(C)(C)C(=O)Nc1cccc(C(=O)N2CCN(C(=O)c3ccco3)CC2)c1. The number of piperazine rings is 1. The summed E-state index contributed by atoms with van der Waals surface area (Å²) in [6.45, 7) is 7.30. The maximum Gasteiger partial charge on any atom is 0.289 e. The number of hydrogen-bond acceptors (Lipinski definition) is 4. The number of carbonyl (C=O) groups is 3. The van der Waals surface area contributed by atoms with Gasteiger partial charge in [0, 0.05) is 42.8 Å². The molecular formula is C21H25N3O4. The number of hydrogen-bond donors (Lipinski definition) is 1. The van der Waals surface area contributed by atoms with Crippen LogP contribution < -0.4 is 5.32 Å². The minimum Gasteiger partial charge on any atom is -0.459 e. The molecule has 2 heterocycles. The van der Waals surface area contributed by atoms with Gasteiger partial charge in [-0.3, -0.25) is 14.4 Å². The molecule has 0 radical (unpaired) electrons. The largest absolute Gasteiger partial charge is 0.459 e. The Kier molecular flexibility index (Phi) is 5.53. The summed E-state index contributed by atoms with van der Waals surface area (Å²) in [4.78, 5) is 40.7. The fraction of sp³-hybridized carbons (Fsp3) is 0.381. The van der Waals surface area contributed by atoms with E-state index >= 15 is 0 Å². The smallest absolute Gasteiger partial charge is 0.289 e. The molecule has 1 aliphatic heterocycles. The molecule has 1 aromatic carbocycles. The van der Waals surface area contributed by atoms with Gasteiger partial charge in [0.2, 0.25) is 5.91 Å². The maximum absolute atomic E-state index is 12.8. The topological polar surface area (TPSA) is 82.9 Å². The van der Waals surface area contributed by atoms with Gasteiger partial charge in [-0.25, -0.2) is 0 Å². The van der Waals surface area contributed by atoms with Crippen molar-refractivity contribution in [3.8, 4) is 0 Å². The summed E-state index contributed by atoms with van der Waals surface area (Å²) >= 11 is 0. The zero-order valence-corrected chi connectivity index (χ0v) is 16.4. The van der Waals surface area contributed by atoms with Gasteiger partial charge in [-0.15, -0.1) is 0 Å². The minimum atomic E-state index is -0.517. The van der Waals surface area contributed by atoms with Crippen molar-refractivity contribution in [1.82, 2.24) is 9.80 Å². The lowest BCUT2D eigenvalue weighted by atomic mass is 9.95. The second-order valence-electron chi connectivity index (χ2n) is 7.85. The molecule has 0 spiro atoms. The molecular weight excluding hydrogens is 358 g/mol. The third-order valence-corrected chi connectivity index (χ3v) is 4.63. The Bertz CT molecular complexity index is 860. The first-order valence-electron chi connectivity index (χ1n) is 9.29. The second-order valence-corrected chi connectivity index (χ2v) is 7.85. The molecule has 1 aliphatic rings. The summed E-state index contributed by atoms with van der Waals surface area (Å²) in [6.07, 6.45) is 1.47. The van der Waals surface area contributed by atoms with Gasteiger partial charge in [-0.2, -0.15) is 0 Å². The third kappa shape index (κ3) is 4.42. The van der Waals surface area contributed by atoms with Crippen LogP contribution in [0.5, 0.6) is 0 Å². The van der Waals surface area contributed by atoms with Gasteiger partial charge < -0.3 is 19.5 Å². The van der Waals surface area contributed by atoms with Crippen LogP contribution in [-0.4, -0.2) is 53.7 Å². The summed E-state index contributed by atoms with van der Waals surface area (Å²) in [5.41, 5.74) is 0.589. The molecule has 0 aliphatic carbocycles. The third-order valence-electron chi connectivity index (χ3n) is 4.63. The van der Waals surface area contributed by atoms with E-state index < -0.39 is 5.41 Å². The minimum absolute atomic E-state index is 0.109. The number of nitrogens with one attached hydrogen (secondary N) is 1. The Balaban J connectivity index is 1.61. The van der Waals surface area contributed by atoms with E-state index in [1.807, 2.05) is 20.8 Å². The maximum atomic E-state index is 12.8. The molecule has 1 fully saturated rings. The number of rotatable bonds is 3. The van der Waals surface area contributed by atoms with Gasteiger partial charge >= 0.3 is 0 Å². The van der Waals surface area contributed by atoms with Gasteiger partial charge in [-0.05, 0) is 30.3 Å². The molecule has 0 bridgehead atoms. The zero-order valence-electron chi connectivity index (χ0n) is 16.4. The number of benzene rings is 1. The van der Waals surface area contributed by atoms with E-state index in [4.69, 9.17) is 4.42 Å². The molecule has 1 aromatic heterocycles. The van der Waals surface area contributed by atoms with E-state index in [1.54, 1.807) is 46.2 Å². The van der Waals surface area contributed by atoms with E-state index in [2.05, 4.69) is 5.32 Å². The molecule has 0 saturated carbocycles. The van der Waals surface area contributed by atoms with Crippen molar-refractivity contribution >= 4 is 23.4 Å². The Hall–Kier alpha value is -3.09. The standard InChI is InChI=1S/C21H25N3O4/c1-21(2,3)20(27)22-16-7-4-6-15(14-16)18(25)23-9-11-24(12-10-23)19(26)17-8-5-13-28-17/h4-8,13-14H,9-12H2,1-3H3,(H,22,27). The quantitative estimate of drug-likeness (QED) is 0.883. The lowest BCUT2D eigenvalue weighted by Gasteiger charge is -2.34. The van der Waals surface area contributed by atoms with E-state index in [9.17, 15) is 14.4 Å². The summed E-state index contributed by atoms with van der Waals surface area (Å²) in [5, 5.41) is 2.84.